The van der Waals surface area contributed by atoms with Crippen LogP contribution in [0.3, 0.4) is 0 Å². The van der Waals surface area contributed by atoms with E-state index in [2.05, 4.69) is 20.3 Å². The second-order valence-corrected chi connectivity index (χ2v) is 11.5. The Morgan fingerprint density at radius 2 is 1.86 bits per heavy atom. The van der Waals surface area contributed by atoms with Gasteiger partial charge in [0.25, 0.3) is 0 Å². The van der Waals surface area contributed by atoms with Gasteiger partial charge in [-0.1, -0.05) is 12.1 Å². The van der Waals surface area contributed by atoms with E-state index in [1.54, 1.807) is 26.8 Å². The highest BCUT2D eigenvalue weighted by molar-refractivity contribution is 7.93. The number of pyridine rings is 1. The highest BCUT2D eigenvalue weighted by Gasteiger charge is 2.49. The zero-order valence-electron chi connectivity index (χ0n) is 20.6. The van der Waals surface area contributed by atoms with Gasteiger partial charge in [0.05, 0.1) is 34.1 Å². The summed E-state index contributed by atoms with van der Waals surface area (Å²) in [6, 6.07) is 4.43. The van der Waals surface area contributed by atoms with E-state index in [1.807, 2.05) is 0 Å². The average molecular weight is 524 g/mol. The highest BCUT2D eigenvalue weighted by Crippen LogP contribution is 2.41. The van der Waals surface area contributed by atoms with Gasteiger partial charge in [0.15, 0.2) is 5.65 Å². The van der Waals surface area contributed by atoms with Crippen LogP contribution in [0.2, 0.25) is 0 Å². The molecule has 1 atom stereocenters. The lowest BCUT2D eigenvalue weighted by atomic mass is 9.91. The lowest BCUT2D eigenvalue weighted by Gasteiger charge is -2.30. The molecule has 0 amide bonds. The summed E-state index contributed by atoms with van der Waals surface area (Å²) in [7, 11) is -3.46. The maximum atomic E-state index is 15.3. The average Bonchev–Trinajstić information content (AvgIpc) is 3.11. The molecular formula is C24H28F3N5O3S. The summed E-state index contributed by atoms with van der Waals surface area (Å²) in [5.41, 5.74) is -2.23. The van der Waals surface area contributed by atoms with Crippen molar-refractivity contribution in [1.29, 1.82) is 0 Å². The molecule has 4 rings (SSSR count). The first-order chi connectivity index (χ1) is 16.6. The lowest BCUT2D eigenvalue weighted by Crippen LogP contribution is -2.41. The number of fused-ring (bicyclic) bond motifs is 1. The van der Waals surface area contributed by atoms with Crippen LogP contribution in [-0.4, -0.2) is 46.4 Å². The number of aryl methyl sites for hydroxylation is 2. The Bertz CT molecular complexity index is 1440. The normalized spacial score (nSPS) is 17.0. The van der Waals surface area contributed by atoms with Crippen molar-refractivity contribution in [2.75, 3.05) is 21.9 Å². The molecule has 12 heteroatoms. The molecule has 0 unspecified atom stereocenters. The van der Waals surface area contributed by atoms with Gasteiger partial charge < -0.3 is 10.4 Å². The summed E-state index contributed by atoms with van der Waals surface area (Å²) in [4.78, 5) is 13.2. The third-order valence-electron chi connectivity index (χ3n) is 6.29. The van der Waals surface area contributed by atoms with Crippen LogP contribution in [-0.2, 0) is 15.9 Å². The molecule has 8 nitrogen and oxygen atoms in total. The van der Waals surface area contributed by atoms with Crippen LogP contribution in [0, 0.1) is 19.7 Å². The van der Waals surface area contributed by atoms with Crippen molar-refractivity contribution in [1.82, 2.24) is 15.0 Å². The highest BCUT2D eigenvalue weighted by atomic mass is 32.2. The quantitative estimate of drug-likeness (QED) is 0.494. The number of hydrogen-bond donors (Lipinski definition) is 2. The smallest absolute Gasteiger partial charge is 0.303 e. The first kappa shape index (κ1) is 26.1. The molecule has 1 aliphatic rings. The van der Waals surface area contributed by atoms with Gasteiger partial charge in [-0.2, -0.15) is 8.78 Å². The van der Waals surface area contributed by atoms with E-state index in [4.69, 9.17) is 0 Å². The molecule has 3 aromatic rings. The summed E-state index contributed by atoms with van der Waals surface area (Å²) in [6.45, 7) is 7.10. The predicted octanol–water partition coefficient (Wildman–Crippen LogP) is 4.36. The number of anilines is 2. The number of nitrogens with one attached hydrogen (secondary N) is 1. The zero-order valence-corrected chi connectivity index (χ0v) is 21.4. The third kappa shape index (κ3) is 4.47. The SMILES string of the molecule is Cc1nc(N[C@H](C)c2cccc(C(F)(F)C(C)(C)O)c2F)c2cc(N3CCCS3(=O)=O)c(C)nc2n1. The van der Waals surface area contributed by atoms with Crippen molar-refractivity contribution in [3.8, 4) is 0 Å². The molecule has 36 heavy (non-hydrogen) atoms. The molecule has 1 aliphatic heterocycles. The number of halogens is 3. The second-order valence-electron chi connectivity index (χ2n) is 9.53. The Balaban J connectivity index is 1.78. The van der Waals surface area contributed by atoms with E-state index in [0.717, 1.165) is 19.9 Å². The number of benzene rings is 1. The molecule has 3 heterocycles. The molecule has 2 aromatic heterocycles. The third-order valence-corrected chi connectivity index (χ3v) is 8.14. The molecule has 0 radical (unpaired) electrons. The molecular weight excluding hydrogens is 495 g/mol. The first-order valence-electron chi connectivity index (χ1n) is 11.5. The van der Waals surface area contributed by atoms with Crippen LogP contribution in [0.15, 0.2) is 24.3 Å². The van der Waals surface area contributed by atoms with Crippen LogP contribution in [0.5, 0.6) is 0 Å². The molecule has 0 aliphatic carbocycles. The van der Waals surface area contributed by atoms with E-state index >= 15 is 4.39 Å². The van der Waals surface area contributed by atoms with Crippen molar-refractivity contribution < 1.29 is 26.7 Å². The summed E-state index contributed by atoms with van der Waals surface area (Å²) in [5, 5.41) is 13.4. The number of aromatic nitrogens is 3. The molecule has 1 saturated heterocycles. The molecule has 194 valence electrons. The van der Waals surface area contributed by atoms with Crippen molar-refractivity contribution in [3.05, 3.63) is 52.7 Å². The predicted molar refractivity (Wildman–Crippen MR) is 131 cm³/mol. The van der Waals surface area contributed by atoms with Crippen LogP contribution in [0.4, 0.5) is 24.7 Å². The maximum Gasteiger partial charge on any atom is 0.303 e. The molecule has 0 bridgehead atoms. The molecule has 0 spiro atoms. The number of sulfonamides is 1. The first-order valence-corrected chi connectivity index (χ1v) is 13.1. The van der Waals surface area contributed by atoms with Crippen molar-refractivity contribution in [3.63, 3.8) is 0 Å². The topological polar surface area (TPSA) is 108 Å². The van der Waals surface area contributed by atoms with Crippen molar-refractivity contribution in [2.24, 2.45) is 0 Å². The van der Waals surface area contributed by atoms with Gasteiger partial charge in [-0.15, -0.1) is 0 Å². The molecule has 2 N–H and O–H groups in total. The van der Waals surface area contributed by atoms with E-state index in [0.29, 0.717) is 41.2 Å². The van der Waals surface area contributed by atoms with E-state index in [9.17, 15) is 22.3 Å². The fourth-order valence-electron chi connectivity index (χ4n) is 4.25. The summed E-state index contributed by atoms with van der Waals surface area (Å²) in [5.74, 6) is -4.30. The monoisotopic (exact) mass is 523 g/mol. The van der Waals surface area contributed by atoms with Crippen LogP contribution >= 0.6 is 0 Å². The number of hydrogen-bond acceptors (Lipinski definition) is 7. The van der Waals surface area contributed by atoms with Gasteiger partial charge in [0.1, 0.15) is 23.1 Å². The Morgan fingerprint density at radius 3 is 2.47 bits per heavy atom. The number of rotatable bonds is 6. The van der Waals surface area contributed by atoms with Gasteiger partial charge in [-0.05, 0) is 53.2 Å². The number of alkyl halides is 2. The van der Waals surface area contributed by atoms with Gasteiger partial charge >= 0.3 is 5.92 Å². The Kier molecular flexibility index (Phi) is 6.40. The minimum atomic E-state index is -3.83. The number of aliphatic hydroxyl groups is 1. The van der Waals surface area contributed by atoms with E-state index < -0.39 is 39.0 Å². The standard InChI is InChI=1S/C24H28F3N5O3S/c1-13(16-8-6-9-18(20(16)25)24(26,27)23(4,5)33)28-21-17-12-19(32-10-7-11-36(32,34)35)14(2)29-22(17)31-15(3)30-21/h6,8-9,12-13,33H,7,10-11H2,1-5H3,(H,28,29,30,31)/t13-/m1/s1. The minimum absolute atomic E-state index is 0.0436. The summed E-state index contributed by atoms with van der Waals surface area (Å²) >= 11 is 0. The Morgan fingerprint density at radius 1 is 1.17 bits per heavy atom. The van der Waals surface area contributed by atoms with Crippen LogP contribution < -0.4 is 9.62 Å². The summed E-state index contributed by atoms with van der Waals surface area (Å²) in [6.07, 6.45) is 0.497. The van der Waals surface area contributed by atoms with Gasteiger partial charge in [0, 0.05) is 12.1 Å². The minimum Gasteiger partial charge on any atom is -0.384 e. The van der Waals surface area contributed by atoms with Crippen LogP contribution in [0.1, 0.15) is 55.9 Å². The largest absolute Gasteiger partial charge is 0.384 e. The van der Waals surface area contributed by atoms with E-state index in [1.165, 1.54) is 16.4 Å². The molecule has 0 saturated carbocycles. The molecule has 1 aromatic carbocycles. The van der Waals surface area contributed by atoms with Crippen molar-refractivity contribution in [2.45, 2.75) is 58.6 Å². The fourth-order valence-corrected chi connectivity index (χ4v) is 5.86. The number of nitrogens with zero attached hydrogens (tertiary/aromatic N) is 4. The fraction of sp³-hybridized carbons (Fsp3) is 0.458. The lowest BCUT2D eigenvalue weighted by molar-refractivity contribution is -0.170. The molecule has 1 fully saturated rings. The zero-order chi connectivity index (χ0) is 26.6. The van der Waals surface area contributed by atoms with Crippen LogP contribution in [0.25, 0.3) is 11.0 Å². The van der Waals surface area contributed by atoms with Gasteiger partial charge in [-0.25, -0.2) is 27.8 Å². The Labute approximate surface area is 207 Å². The Hall–Kier alpha value is -2.99. The summed E-state index contributed by atoms with van der Waals surface area (Å²) < 4.78 is 71.1. The second kappa shape index (κ2) is 8.84. The van der Waals surface area contributed by atoms with Crippen molar-refractivity contribution >= 4 is 32.6 Å². The van der Waals surface area contributed by atoms with Gasteiger partial charge in [0.2, 0.25) is 10.0 Å². The van der Waals surface area contributed by atoms with Gasteiger partial charge in [-0.3, -0.25) is 4.31 Å². The van der Waals surface area contributed by atoms with E-state index in [-0.39, 0.29) is 17.1 Å². The maximum absolute atomic E-state index is 15.3.